The number of unbranched alkanes of at least 4 members (excludes halogenated alkanes) is 2. The topological polar surface area (TPSA) is 35.5 Å². The first kappa shape index (κ1) is 14.2. The molecule has 15 heavy (non-hydrogen) atoms. The predicted octanol–water partition coefficient (Wildman–Crippen LogP) is 2.70. The van der Waals surface area contributed by atoms with E-state index in [1.165, 1.54) is 0 Å². The second-order valence-corrected chi connectivity index (χ2v) is 3.59. The lowest BCUT2D eigenvalue weighted by Crippen LogP contribution is -2.07. The highest BCUT2D eigenvalue weighted by Gasteiger charge is 2.01. The molecule has 0 fully saturated rings. The Morgan fingerprint density at radius 3 is 2.33 bits per heavy atom. The van der Waals surface area contributed by atoms with Gasteiger partial charge >= 0.3 is 5.97 Å². The monoisotopic (exact) mass is 214 g/mol. The molecule has 0 radical (unpaired) electrons. The highest BCUT2D eigenvalue weighted by molar-refractivity contribution is 5.86. The lowest BCUT2D eigenvalue weighted by molar-refractivity contribution is -0.139. The van der Waals surface area contributed by atoms with Crippen LogP contribution in [0.5, 0.6) is 0 Å². The molecule has 0 spiro atoms. The van der Waals surface area contributed by atoms with Gasteiger partial charge in [0.1, 0.15) is 0 Å². The average molecular weight is 214 g/mol. The minimum Gasteiger partial charge on any atom is -0.462 e. The summed E-state index contributed by atoms with van der Waals surface area (Å²) in [7, 11) is 0. The van der Waals surface area contributed by atoms with Gasteiger partial charge in [0.15, 0.2) is 0 Å². The molecule has 0 aromatic rings. The largest absolute Gasteiger partial charge is 0.462 e. The van der Waals surface area contributed by atoms with Crippen LogP contribution in [0.3, 0.4) is 0 Å². The van der Waals surface area contributed by atoms with E-state index < -0.39 is 0 Å². The van der Waals surface area contributed by atoms with Gasteiger partial charge in [-0.25, -0.2) is 4.79 Å². The summed E-state index contributed by atoms with van der Waals surface area (Å²) in [6, 6.07) is 0. The molecular weight excluding hydrogens is 192 g/mol. The summed E-state index contributed by atoms with van der Waals surface area (Å²) >= 11 is 0. The first-order chi connectivity index (χ1) is 7.18. The molecule has 0 saturated heterocycles. The highest BCUT2D eigenvalue weighted by Crippen LogP contribution is 1.97. The van der Waals surface area contributed by atoms with Crippen LogP contribution in [0.15, 0.2) is 12.2 Å². The maximum Gasteiger partial charge on any atom is 0.333 e. The minimum atomic E-state index is -0.304. The molecule has 3 heteroatoms. The van der Waals surface area contributed by atoms with Gasteiger partial charge in [0.05, 0.1) is 6.61 Å². The van der Waals surface area contributed by atoms with E-state index in [0.717, 1.165) is 38.9 Å². The van der Waals surface area contributed by atoms with Crippen LogP contribution in [-0.4, -0.2) is 25.8 Å². The quantitative estimate of drug-likeness (QED) is 0.336. The van der Waals surface area contributed by atoms with E-state index in [2.05, 4.69) is 13.5 Å². The van der Waals surface area contributed by atoms with Gasteiger partial charge in [0.2, 0.25) is 0 Å². The first-order valence-corrected chi connectivity index (χ1v) is 5.58. The standard InChI is InChI=1S/C12H22O3/c1-4-5-8-14-9-6-7-10-15-12(13)11(2)3/h2,4-10H2,1,3H3. The van der Waals surface area contributed by atoms with Crippen molar-refractivity contribution >= 4 is 5.97 Å². The fourth-order valence-corrected chi connectivity index (χ4v) is 0.943. The van der Waals surface area contributed by atoms with E-state index >= 15 is 0 Å². The number of hydrogen-bond donors (Lipinski definition) is 0. The lowest BCUT2D eigenvalue weighted by atomic mass is 10.3. The third-order valence-electron chi connectivity index (χ3n) is 1.91. The molecule has 0 aromatic heterocycles. The van der Waals surface area contributed by atoms with Crippen molar-refractivity contribution in [2.75, 3.05) is 19.8 Å². The van der Waals surface area contributed by atoms with Gasteiger partial charge in [0, 0.05) is 18.8 Å². The fourth-order valence-electron chi connectivity index (χ4n) is 0.943. The van der Waals surface area contributed by atoms with Crippen LogP contribution < -0.4 is 0 Å². The Hall–Kier alpha value is -0.830. The van der Waals surface area contributed by atoms with Crippen molar-refractivity contribution < 1.29 is 14.3 Å². The Labute approximate surface area is 92.5 Å². The normalized spacial score (nSPS) is 10.0. The summed E-state index contributed by atoms with van der Waals surface area (Å²) in [5.74, 6) is -0.304. The molecule has 3 nitrogen and oxygen atoms in total. The van der Waals surface area contributed by atoms with Crippen LogP contribution in [0.25, 0.3) is 0 Å². The summed E-state index contributed by atoms with van der Waals surface area (Å²) in [5, 5.41) is 0. The van der Waals surface area contributed by atoms with Gasteiger partial charge in [-0.2, -0.15) is 0 Å². The third kappa shape index (κ3) is 9.47. The zero-order valence-corrected chi connectivity index (χ0v) is 9.88. The summed E-state index contributed by atoms with van der Waals surface area (Å²) in [6.07, 6.45) is 4.07. The van der Waals surface area contributed by atoms with Gasteiger partial charge in [-0.1, -0.05) is 19.9 Å². The fraction of sp³-hybridized carbons (Fsp3) is 0.750. The minimum absolute atomic E-state index is 0.304. The zero-order chi connectivity index (χ0) is 11.5. The second-order valence-electron chi connectivity index (χ2n) is 3.59. The summed E-state index contributed by atoms with van der Waals surface area (Å²) in [5.41, 5.74) is 0.453. The third-order valence-corrected chi connectivity index (χ3v) is 1.91. The van der Waals surface area contributed by atoms with Crippen LogP contribution in [-0.2, 0) is 14.3 Å². The van der Waals surface area contributed by atoms with Crippen LogP contribution in [0.4, 0.5) is 0 Å². The molecule has 0 aliphatic carbocycles. The molecule has 0 rings (SSSR count). The number of carbonyl (C=O) groups is 1. The average Bonchev–Trinajstić information content (AvgIpc) is 2.21. The van der Waals surface area contributed by atoms with Crippen molar-refractivity contribution in [2.24, 2.45) is 0 Å². The highest BCUT2D eigenvalue weighted by atomic mass is 16.5. The van der Waals surface area contributed by atoms with Crippen LogP contribution in [0.2, 0.25) is 0 Å². The lowest BCUT2D eigenvalue weighted by Gasteiger charge is -2.04. The Kier molecular flexibility index (Phi) is 9.18. The molecule has 0 amide bonds. The van der Waals surface area contributed by atoms with E-state index in [1.807, 2.05) is 0 Å². The van der Waals surface area contributed by atoms with Crippen molar-refractivity contribution in [1.29, 1.82) is 0 Å². The molecule has 0 unspecified atom stereocenters. The van der Waals surface area contributed by atoms with Crippen LogP contribution >= 0.6 is 0 Å². The predicted molar refractivity (Wildman–Crippen MR) is 60.7 cm³/mol. The second kappa shape index (κ2) is 9.71. The van der Waals surface area contributed by atoms with Crippen molar-refractivity contribution in [3.05, 3.63) is 12.2 Å². The molecule has 0 saturated carbocycles. The Balaban J connectivity index is 3.11. The van der Waals surface area contributed by atoms with Gasteiger partial charge in [-0.3, -0.25) is 0 Å². The van der Waals surface area contributed by atoms with E-state index in [-0.39, 0.29) is 5.97 Å². The molecule has 0 bridgehead atoms. The Morgan fingerprint density at radius 1 is 1.13 bits per heavy atom. The number of esters is 1. The molecule has 88 valence electrons. The molecule has 0 heterocycles. The van der Waals surface area contributed by atoms with E-state index in [4.69, 9.17) is 9.47 Å². The first-order valence-electron chi connectivity index (χ1n) is 5.58. The number of carbonyl (C=O) groups excluding carboxylic acids is 1. The molecular formula is C12H22O3. The maximum atomic E-state index is 11.0. The maximum absolute atomic E-state index is 11.0. The van der Waals surface area contributed by atoms with Crippen molar-refractivity contribution in [2.45, 2.75) is 39.5 Å². The Morgan fingerprint density at radius 2 is 1.73 bits per heavy atom. The summed E-state index contributed by atoms with van der Waals surface area (Å²) in [6.45, 7) is 9.34. The van der Waals surface area contributed by atoms with Crippen molar-refractivity contribution in [3.63, 3.8) is 0 Å². The van der Waals surface area contributed by atoms with Gasteiger partial charge < -0.3 is 9.47 Å². The zero-order valence-electron chi connectivity index (χ0n) is 9.88. The van der Waals surface area contributed by atoms with E-state index in [1.54, 1.807) is 6.92 Å². The molecule has 0 aliphatic heterocycles. The molecule has 0 aromatic carbocycles. The van der Waals surface area contributed by atoms with Crippen LogP contribution in [0.1, 0.15) is 39.5 Å². The van der Waals surface area contributed by atoms with Crippen molar-refractivity contribution in [1.82, 2.24) is 0 Å². The molecule has 0 N–H and O–H groups in total. The summed E-state index contributed by atoms with van der Waals surface area (Å²) < 4.78 is 10.3. The molecule has 0 aliphatic rings. The van der Waals surface area contributed by atoms with E-state index in [0.29, 0.717) is 12.2 Å². The smallest absolute Gasteiger partial charge is 0.333 e. The van der Waals surface area contributed by atoms with Gasteiger partial charge in [-0.15, -0.1) is 0 Å². The number of rotatable bonds is 9. The molecule has 0 atom stereocenters. The SMILES string of the molecule is C=C(C)C(=O)OCCCCOCCCC. The van der Waals surface area contributed by atoms with E-state index in [9.17, 15) is 4.79 Å². The van der Waals surface area contributed by atoms with Gasteiger partial charge in [0.25, 0.3) is 0 Å². The van der Waals surface area contributed by atoms with Gasteiger partial charge in [-0.05, 0) is 26.2 Å². The van der Waals surface area contributed by atoms with Crippen molar-refractivity contribution in [3.8, 4) is 0 Å². The number of hydrogen-bond acceptors (Lipinski definition) is 3. The number of ether oxygens (including phenoxy) is 2. The summed E-state index contributed by atoms with van der Waals surface area (Å²) in [4.78, 5) is 11.0. The van der Waals surface area contributed by atoms with Crippen LogP contribution in [0, 0.1) is 0 Å². The Bertz CT molecular complexity index is 187.